The maximum Gasteiger partial charge on any atom is 0.250 e. The zero-order valence-electron chi connectivity index (χ0n) is 14.3. The molecule has 5 nitrogen and oxygen atoms in total. The van der Waals surface area contributed by atoms with E-state index in [-0.39, 0.29) is 11.7 Å². The number of nitrogens with zero attached hydrogens (tertiary/aromatic N) is 3. The highest BCUT2D eigenvalue weighted by Gasteiger charge is 2.09. The lowest BCUT2D eigenvalue weighted by Gasteiger charge is -2.02. The van der Waals surface area contributed by atoms with Gasteiger partial charge in [-0.25, -0.2) is 10.4 Å². The SMILES string of the molecule is CCc1ccc(/C=N\NC(=O)CSc2nc3ccccc3n2C)cc1. The van der Waals surface area contributed by atoms with Crippen LogP contribution in [-0.2, 0) is 18.3 Å². The Bertz CT molecular complexity index is 899. The molecule has 128 valence electrons. The molecule has 0 atom stereocenters. The summed E-state index contributed by atoms with van der Waals surface area (Å²) in [5.41, 5.74) is 6.78. The van der Waals surface area contributed by atoms with E-state index >= 15 is 0 Å². The molecule has 0 aliphatic heterocycles. The van der Waals surface area contributed by atoms with E-state index in [1.807, 2.05) is 48.0 Å². The first-order valence-electron chi connectivity index (χ1n) is 8.12. The summed E-state index contributed by atoms with van der Waals surface area (Å²) in [7, 11) is 1.95. The molecule has 1 aromatic heterocycles. The first-order valence-corrected chi connectivity index (χ1v) is 9.11. The van der Waals surface area contributed by atoms with Gasteiger partial charge in [0.1, 0.15) is 0 Å². The molecule has 1 N–H and O–H groups in total. The Morgan fingerprint density at radius 2 is 2.00 bits per heavy atom. The third-order valence-electron chi connectivity index (χ3n) is 3.87. The maximum atomic E-state index is 12.0. The first kappa shape index (κ1) is 17.2. The highest BCUT2D eigenvalue weighted by atomic mass is 32.2. The first-order chi connectivity index (χ1) is 12.2. The molecular formula is C19H20N4OS. The van der Waals surface area contributed by atoms with Crippen LogP contribution in [0.3, 0.4) is 0 Å². The van der Waals surface area contributed by atoms with E-state index in [2.05, 4.69) is 34.6 Å². The van der Waals surface area contributed by atoms with Crippen molar-refractivity contribution in [3.63, 3.8) is 0 Å². The van der Waals surface area contributed by atoms with Crippen molar-refractivity contribution >= 4 is 34.9 Å². The van der Waals surface area contributed by atoms with Crippen molar-refractivity contribution in [3.05, 3.63) is 59.7 Å². The number of thioether (sulfide) groups is 1. The Morgan fingerprint density at radius 1 is 1.24 bits per heavy atom. The molecule has 3 aromatic rings. The molecule has 3 rings (SSSR count). The molecule has 6 heteroatoms. The van der Waals surface area contributed by atoms with Gasteiger partial charge in [-0.2, -0.15) is 5.10 Å². The fourth-order valence-electron chi connectivity index (χ4n) is 2.43. The number of nitrogens with one attached hydrogen (secondary N) is 1. The largest absolute Gasteiger partial charge is 0.322 e. The van der Waals surface area contributed by atoms with Crippen molar-refractivity contribution < 1.29 is 4.79 Å². The minimum Gasteiger partial charge on any atom is -0.322 e. The Balaban J connectivity index is 1.53. The second-order valence-electron chi connectivity index (χ2n) is 5.62. The molecule has 0 radical (unpaired) electrons. The predicted octanol–water partition coefficient (Wildman–Crippen LogP) is 3.38. The number of hydrazone groups is 1. The van der Waals surface area contributed by atoms with Crippen LogP contribution in [0.1, 0.15) is 18.1 Å². The van der Waals surface area contributed by atoms with Crippen LogP contribution < -0.4 is 5.43 Å². The number of fused-ring (bicyclic) bond motifs is 1. The van der Waals surface area contributed by atoms with Gasteiger partial charge in [0, 0.05) is 7.05 Å². The van der Waals surface area contributed by atoms with Crippen molar-refractivity contribution in [2.24, 2.45) is 12.1 Å². The van der Waals surface area contributed by atoms with Gasteiger partial charge in [0.2, 0.25) is 0 Å². The van der Waals surface area contributed by atoms with E-state index in [1.165, 1.54) is 17.3 Å². The Kier molecular flexibility index (Phi) is 5.50. The lowest BCUT2D eigenvalue weighted by Crippen LogP contribution is -2.19. The third-order valence-corrected chi connectivity index (χ3v) is 4.90. The number of benzene rings is 2. The predicted molar refractivity (Wildman–Crippen MR) is 103 cm³/mol. The second-order valence-corrected chi connectivity index (χ2v) is 6.56. The summed E-state index contributed by atoms with van der Waals surface area (Å²) >= 11 is 1.40. The van der Waals surface area contributed by atoms with Gasteiger partial charge in [-0.05, 0) is 29.7 Å². The molecule has 0 aliphatic carbocycles. The van der Waals surface area contributed by atoms with Gasteiger partial charge in [-0.3, -0.25) is 4.79 Å². The van der Waals surface area contributed by atoms with E-state index in [9.17, 15) is 4.79 Å². The summed E-state index contributed by atoms with van der Waals surface area (Å²) < 4.78 is 1.99. The van der Waals surface area contributed by atoms with E-state index in [0.29, 0.717) is 0 Å². The zero-order valence-corrected chi connectivity index (χ0v) is 15.1. The monoisotopic (exact) mass is 352 g/mol. The normalized spacial score (nSPS) is 11.3. The number of carbonyl (C=O) groups is 1. The number of aromatic nitrogens is 2. The number of hydrogen-bond donors (Lipinski definition) is 1. The number of carbonyl (C=O) groups excluding carboxylic acids is 1. The molecule has 25 heavy (non-hydrogen) atoms. The molecule has 2 aromatic carbocycles. The number of aryl methyl sites for hydroxylation is 2. The van der Waals surface area contributed by atoms with Crippen molar-refractivity contribution in [1.82, 2.24) is 15.0 Å². The number of imidazole rings is 1. The molecule has 0 aliphatic rings. The minimum atomic E-state index is -0.154. The van der Waals surface area contributed by atoms with Crippen LogP contribution in [0.25, 0.3) is 11.0 Å². The zero-order chi connectivity index (χ0) is 17.6. The molecule has 1 amide bonds. The number of hydrogen-bond acceptors (Lipinski definition) is 4. The summed E-state index contributed by atoms with van der Waals surface area (Å²) in [6.45, 7) is 2.12. The molecule has 1 heterocycles. The second kappa shape index (κ2) is 7.98. The molecule has 0 saturated carbocycles. The third kappa shape index (κ3) is 4.28. The molecular weight excluding hydrogens is 332 g/mol. The molecule has 0 unspecified atom stereocenters. The van der Waals surface area contributed by atoms with E-state index in [0.717, 1.165) is 28.2 Å². The number of rotatable bonds is 6. The topological polar surface area (TPSA) is 59.3 Å². The van der Waals surface area contributed by atoms with E-state index in [4.69, 9.17) is 0 Å². The van der Waals surface area contributed by atoms with E-state index in [1.54, 1.807) is 6.21 Å². The smallest absolute Gasteiger partial charge is 0.250 e. The summed E-state index contributed by atoms with van der Waals surface area (Å²) in [5, 5.41) is 4.82. The Labute approximate surface area is 151 Å². The van der Waals surface area contributed by atoms with Gasteiger partial charge in [-0.15, -0.1) is 0 Å². The van der Waals surface area contributed by atoms with Gasteiger partial charge in [0.15, 0.2) is 5.16 Å². The van der Waals surface area contributed by atoms with Crippen LogP contribution in [0.4, 0.5) is 0 Å². The van der Waals surface area contributed by atoms with Gasteiger partial charge >= 0.3 is 0 Å². The van der Waals surface area contributed by atoms with Crippen molar-refractivity contribution in [2.45, 2.75) is 18.5 Å². The van der Waals surface area contributed by atoms with Crippen LogP contribution in [0.2, 0.25) is 0 Å². The van der Waals surface area contributed by atoms with Crippen LogP contribution in [0.15, 0.2) is 58.8 Å². The van der Waals surface area contributed by atoms with Gasteiger partial charge < -0.3 is 4.57 Å². The van der Waals surface area contributed by atoms with E-state index < -0.39 is 0 Å². The summed E-state index contributed by atoms with van der Waals surface area (Å²) in [4.78, 5) is 16.5. The van der Waals surface area contributed by atoms with Crippen LogP contribution in [0.5, 0.6) is 0 Å². The van der Waals surface area contributed by atoms with Crippen molar-refractivity contribution in [1.29, 1.82) is 0 Å². The average molecular weight is 352 g/mol. The van der Waals surface area contributed by atoms with Crippen molar-refractivity contribution in [3.8, 4) is 0 Å². The summed E-state index contributed by atoms with van der Waals surface area (Å²) in [6.07, 6.45) is 2.66. The van der Waals surface area contributed by atoms with Crippen LogP contribution in [0, 0.1) is 0 Å². The Hall–Kier alpha value is -2.60. The highest BCUT2D eigenvalue weighted by molar-refractivity contribution is 7.99. The van der Waals surface area contributed by atoms with Gasteiger partial charge in [0.05, 0.1) is 23.0 Å². The molecule has 0 saturated heterocycles. The van der Waals surface area contributed by atoms with Gasteiger partial charge in [0.25, 0.3) is 5.91 Å². The lowest BCUT2D eigenvalue weighted by molar-refractivity contribution is -0.118. The summed E-state index contributed by atoms with van der Waals surface area (Å²) in [6, 6.07) is 16.0. The number of amides is 1. The average Bonchev–Trinajstić information content (AvgIpc) is 2.97. The van der Waals surface area contributed by atoms with Crippen LogP contribution >= 0.6 is 11.8 Å². The molecule has 0 fully saturated rings. The summed E-state index contributed by atoms with van der Waals surface area (Å²) in [5.74, 6) is 0.113. The maximum absolute atomic E-state index is 12.0. The standard InChI is InChI=1S/C19H20N4OS/c1-3-14-8-10-15(11-9-14)12-20-22-18(24)13-25-19-21-16-6-4-5-7-17(16)23(19)2/h4-12H,3,13H2,1-2H3,(H,22,24)/b20-12-. The molecule has 0 spiro atoms. The molecule has 0 bridgehead atoms. The fraction of sp³-hybridized carbons (Fsp3) is 0.211. The highest BCUT2D eigenvalue weighted by Crippen LogP contribution is 2.22. The van der Waals surface area contributed by atoms with Gasteiger partial charge in [-0.1, -0.05) is 55.1 Å². The number of para-hydroxylation sites is 2. The quantitative estimate of drug-likeness (QED) is 0.420. The minimum absolute atomic E-state index is 0.154. The van der Waals surface area contributed by atoms with Crippen LogP contribution in [-0.4, -0.2) is 27.4 Å². The Morgan fingerprint density at radius 3 is 2.72 bits per heavy atom. The lowest BCUT2D eigenvalue weighted by atomic mass is 10.1. The fourth-order valence-corrected chi connectivity index (χ4v) is 3.21. The van der Waals surface area contributed by atoms with Crippen molar-refractivity contribution in [2.75, 3.05) is 5.75 Å².